The fourth-order valence-electron chi connectivity index (χ4n) is 2.50. The highest BCUT2D eigenvalue weighted by atomic mass is 16.5. The molecule has 1 fully saturated rings. The molecule has 1 aromatic carbocycles. The van der Waals surface area contributed by atoms with E-state index in [-0.39, 0.29) is 11.3 Å². The molecule has 1 aliphatic rings. The van der Waals surface area contributed by atoms with E-state index < -0.39 is 23.8 Å². The Kier molecular flexibility index (Phi) is 4.12. The SMILES string of the molecule is COc1ccc(O)c(C(=O)N[C@@H]2CCC[C@@H]2C(=O)O)c1. The molecule has 108 valence electrons. The first-order valence-corrected chi connectivity index (χ1v) is 6.43. The molecule has 1 aromatic rings. The van der Waals surface area contributed by atoms with E-state index in [1.165, 1.54) is 19.2 Å². The molecule has 0 unspecified atom stereocenters. The first kappa shape index (κ1) is 14.2. The number of aliphatic carboxylic acids is 1. The van der Waals surface area contributed by atoms with Crippen LogP contribution in [0.15, 0.2) is 18.2 Å². The summed E-state index contributed by atoms with van der Waals surface area (Å²) in [6.07, 6.45) is 1.96. The predicted molar refractivity (Wildman–Crippen MR) is 70.9 cm³/mol. The van der Waals surface area contributed by atoms with Crippen LogP contribution in [0.1, 0.15) is 29.6 Å². The summed E-state index contributed by atoms with van der Waals surface area (Å²) in [6.45, 7) is 0. The topological polar surface area (TPSA) is 95.9 Å². The molecule has 1 amide bonds. The molecule has 2 rings (SSSR count). The Morgan fingerprint density at radius 3 is 2.75 bits per heavy atom. The number of hydrogen-bond donors (Lipinski definition) is 3. The van der Waals surface area contributed by atoms with Crippen molar-refractivity contribution in [2.24, 2.45) is 5.92 Å². The summed E-state index contributed by atoms with van der Waals surface area (Å²) in [7, 11) is 1.46. The summed E-state index contributed by atoms with van der Waals surface area (Å²) in [6, 6.07) is 3.94. The standard InChI is InChI=1S/C14H17NO5/c1-20-8-5-6-12(16)10(7-8)13(17)15-11-4-2-3-9(11)14(18)19/h5-7,9,11,16H,2-4H2,1H3,(H,15,17)(H,18,19)/t9-,11+/m0/s1. The lowest BCUT2D eigenvalue weighted by atomic mass is 10.0. The van der Waals surface area contributed by atoms with Crippen LogP contribution in [-0.4, -0.2) is 35.2 Å². The molecule has 6 heteroatoms. The van der Waals surface area contributed by atoms with Gasteiger partial charge >= 0.3 is 5.97 Å². The fraction of sp³-hybridized carbons (Fsp3) is 0.429. The van der Waals surface area contributed by atoms with Gasteiger partial charge in [0, 0.05) is 6.04 Å². The van der Waals surface area contributed by atoms with Crippen molar-refractivity contribution in [1.29, 1.82) is 0 Å². The number of phenolic OH excluding ortho intramolecular Hbond substituents is 1. The van der Waals surface area contributed by atoms with Crippen LogP contribution in [0.2, 0.25) is 0 Å². The summed E-state index contributed by atoms with van der Waals surface area (Å²) >= 11 is 0. The van der Waals surface area contributed by atoms with Crippen LogP contribution in [0.4, 0.5) is 0 Å². The monoisotopic (exact) mass is 279 g/mol. The Bertz CT molecular complexity index is 528. The smallest absolute Gasteiger partial charge is 0.308 e. The number of carbonyl (C=O) groups excluding carboxylic acids is 1. The maximum atomic E-state index is 12.1. The quantitative estimate of drug-likeness (QED) is 0.774. The molecule has 0 aliphatic heterocycles. The van der Waals surface area contributed by atoms with Crippen molar-refractivity contribution in [3.63, 3.8) is 0 Å². The molecular weight excluding hydrogens is 262 g/mol. The second-order valence-electron chi connectivity index (χ2n) is 4.84. The van der Waals surface area contributed by atoms with Crippen LogP contribution in [0, 0.1) is 5.92 Å². The number of hydrogen-bond acceptors (Lipinski definition) is 4. The van der Waals surface area contributed by atoms with Gasteiger partial charge in [0.25, 0.3) is 5.91 Å². The summed E-state index contributed by atoms with van der Waals surface area (Å²) in [5.74, 6) is -1.66. The molecule has 1 aliphatic carbocycles. The number of phenols is 1. The van der Waals surface area contributed by atoms with Crippen molar-refractivity contribution >= 4 is 11.9 Å². The largest absolute Gasteiger partial charge is 0.507 e. The van der Waals surface area contributed by atoms with Gasteiger partial charge in [0.2, 0.25) is 0 Å². The molecule has 0 bridgehead atoms. The highest BCUT2D eigenvalue weighted by Gasteiger charge is 2.34. The van der Waals surface area contributed by atoms with Gasteiger partial charge in [0.15, 0.2) is 0 Å². The number of carboxylic acid groups (broad SMARTS) is 1. The second-order valence-corrected chi connectivity index (χ2v) is 4.84. The molecule has 6 nitrogen and oxygen atoms in total. The van der Waals surface area contributed by atoms with Crippen LogP contribution >= 0.6 is 0 Å². The minimum atomic E-state index is -0.900. The van der Waals surface area contributed by atoms with Crippen LogP contribution in [0.25, 0.3) is 0 Å². The number of aromatic hydroxyl groups is 1. The van der Waals surface area contributed by atoms with E-state index in [0.717, 1.165) is 6.42 Å². The molecule has 0 spiro atoms. The molecule has 3 N–H and O–H groups in total. The lowest BCUT2D eigenvalue weighted by Gasteiger charge is -2.18. The van der Waals surface area contributed by atoms with Crippen LogP contribution in [0.5, 0.6) is 11.5 Å². The van der Waals surface area contributed by atoms with Gasteiger partial charge in [-0.15, -0.1) is 0 Å². The number of amides is 1. The first-order chi connectivity index (χ1) is 9.52. The number of carbonyl (C=O) groups is 2. The number of benzene rings is 1. The van der Waals surface area contributed by atoms with Crippen molar-refractivity contribution in [1.82, 2.24) is 5.32 Å². The Morgan fingerprint density at radius 1 is 1.35 bits per heavy atom. The minimum absolute atomic E-state index is 0.0837. The van der Waals surface area contributed by atoms with E-state index in [9.17, 15) is 14.7 Å². The lowest BCUT2D eigenvalue weighted by Crippen LogP contribution is -2.40. The van der Waals surface area contributed by atoms with E-state index in [0.29, 0.717) is 18.6 Å². The van der Waals surface area contributed by atoms with Gasteiger partial charge in [-0.2, -0.15) is 0 Å². The normalized spacial score (nSPS) is 21.4. The van der Waals surface area contributed by atoms with Gasteiger partial charge in [0.1, 0.15) is 11.5 Å². The van der Waals surface area contributed by atoms with E-state index in [2.05, 4.69) is 5.32 Å². The molecule has 0 radical (unpaired) electrons. The maximum Gasteiger partial charge on any atom is 0.308 e. The van der Waals surface area contributed by atoms with Crippen LogP contribution in [0.3, 0.4) is 0 Å². The van der Waals surface area contributed by atoms with E-state index in [1.807, 2.05) is 0 Å². The maximum absolute atomic E-state index is 12.1. The predicted octanol–water partition coefficient (Wildman–Crippen LogP) is 1.38. The average Bonchev–Trinajstić information content (AvgIpc) is 2.87. The highest BCUT2D eigenvalue weighted by molar-refractivity contribution is 5.97. The summed E-state index contributed by atoms with van der Waals surface area (Å²) in [5, 5.41) is 21.5. The number of ether oxygens (including phenoxy) is 1. The Labute approximate surface area is 116 Å². The molecule has 2 atom stereocenters. The third-order valence-corrected chi connectivity index (χ3v) is 3.60. The summed E-state index contributed by atoms with van der Waals surface area (Å²) in [5.41, 5.74) is 0.0837. The van der Waals surface area contributed by atoms with Gasteiger partial charge in [0.05, 0.1) is 18.6 Å². The van der Waals surface area contributed by atoms with E-state index >= 15 is 0 Å². The Hall–Kier alpha value is -2.24. The third-order valence-electron chi connectivity index (χ3n) is 3.60. The zero-order chi connectivity index (χ0) is 14.7. The second kappa shape index (κ2) is 5.81. The van der Waals surface area contributed by atoms with Gasteiger partial charge in [-0.25, -0.2) is 0 Å². The molecule has 0 aromatic heterocycles. The molecule has 20 heavy (non-hydrogen) atoms. The fourth-order valence-corrected chi connectivity index (χ4v) is 2.50. The highest BCUT2D eigenvalue weighted by Crippen LogP contribution is 2.28. The van der Waals surface area contributed by atoms with E-state index in [4.69, 9.17) is 9.84 Å². The minimum Gasteiger partial charge on any atom is -0.507 e. The molecule has 1 saturated carbocycles. The Morgan fingerprint density at radius 2 is 2.10 bits per heavy atom. The van der Waals surface area contributed by atoms with Gasteiger partial charge in [-0.05, 0) is 31.0 Å². The summed E-state index contributed by atoms with van der Waals surface area (Å²) in [4.78, 5) is 23.2. The van der Waals surface area contributed by atoms with Gasteiger partial charge in [-0.1, -0.05) is 6.42 Å². The van der Waals surface area contributed by atoms with E-state index in [1.54, 1.807) is 6.07 Å². The van der Waals surface area contributed by atoms with Crippen molar-refractivity contribution in [3.05, 3.63) is 23.8 Å². The number of methoxy groups -OCH3 is 1. The lowest BCUT2D eigenvalue weighted by molar-refractivity contribution is -0.142. The zero-order valence-corrected chi connectivity index (χ0v) is 11.1. The first-order valence-electron chi connectivity index (χ1n) is 6.43. The average molecular weight is 279 g/mol. The third kappa shape index (κ3) is 2.84. The number of nitrogens with one attached hydrogen (secondary N) is 1. The van der Waals surface area contributed by atoms with Crippen molar-refractivity contribution in [3.8, 4) is 11.5 Å². The molecular formula is C14H17NO5. The Balaban J connectivity index is 2.14. The molecule has 0 heterocycles. The van der Waals surface area contributed by atoms with Gasteiger partial charge in [-0.3, -0.25) is 9.59 Å². The van der Waals surface area contributed by atoms with Crippen LogP contribution in [-0.2, 0) is 4.79 Å². The molecule has 0 saturated heterocycles. The number of rotatable bonds is 4. The van der Waals surface area contributed by atoms with Crippen LogP contribution < -0.4 is 10.1 Å². The van der Waals surface area contributed by atoms with Gasteiger partial charge < -0.3 is 20.3 Å². The zero-order valence-electron chi connectivity index (χ0n) is 11.1. The van der Waals surface area contributed by atoms with Crippen molar-refractivity contribution in [2.75, 3.05) is 7.11 Å². The number of carboxylic acids is 1. The van der Waals surface area contributed by atoms with Crippen molar-refractivity contribution < 1.29 is 24.5 Å². The summed E-state index contributed by atoms with van der Waals surface area (Å²) < 4.78 is 5.00. The van der Waals surface area contributed by atoms with Crippen molar-refractivity contribution in [2.45, 2.75) is 25.3 Å².